The van der Waals surface area contributed by atoms with Gasteiger partial charge >= 0.3 is 0 Å². The third-order valence-electron chi connectivity index (χ3n) is 2.67. The minimum atomic E-state index is 0.215. The highest BCUT2D eigenvalue weighted by molar-refractivity contribution is 6.32. The van der Waals surface area contributed by atoms with Crippen LogP contribution < -0.4 is 5.32 Å². The largest absolute Gasteiger partial charge is 0.307 e. The number of hydrogen-bond donors (Lipinski definition) is 1. The fourth-order valence-corrected chi connectivity index (χ4v) is 2.05. The zero-order valence-corrected chi connectivity index (χ0v) is 11.9. The molecular formula is C15H22ClN. The lowest BCUT2D eigenvalue weighted by Gasteiger charge is -2.18. The molecule has 0 aliphatic carbocycles. The molecule has 2 heteroatoms. The number of nitrogens with one attached hydrogen (secondary N) is 1. The number of allylic oxidation sites excluding steroid dienone is 1. The molecule has 0 aromatic heterocycles. The van der Waals surface area contributed by atoms with E-state index in [2.05, 4.69) is 44.3 Å². The van der Waals surface area contributed by atoms with Gasteiger partial charge in [-0.1, -0.05) is 48.4 Å². The molecule has 1 N–H and O–H groups in total. The van der Waals surface area contributed by atoms with Crippen LogP contribution in [0.3, 0.4) is 0 Å². The SMILES string of the molecule is CCCNC(C=C(C)C)c1cccc(C)c1Cl. The highest BCUT2D eigenvalue weighted by atomic mass is 35.5. The Bertz CT molecular complexity index is 392. The zero-order valence-electron chi connectivity index (χ0n) is 11.2. The van der Waals surface area contributed by atoms with Crippen molar-refractivity contribution in [1.82, 2.24) is 5.32 Å². The number of rotatable bonds is 5. The van der Waals surface area contributed by atoms with Crippen LogP contribution >= 0.6 is 11.6 Å². The van der Waals surface area contributed by atoms with Gasteiger partial charge in [0.1, 0.15) is 0 Å². The molecule has 0 heterocycles. The van der Waals surface area contributed by atoms with Crippen molar-refractivity contribution in [2.75, 3.05) is 6.54 Å². The summed E-state index contributed by atoms with van der Waals surface area (Å²) in [6.07, 6.45) is 3.35. The van der Waals surface area contributed by atoms with Gasteiger partial charge in [0.2, 0.25) is 0 Å². The molecule has 1 aromatic carbocycles. The number of aryl methyl sites for hydroxylation is 1. The molecular weight excluding hydrogens is 230 g/mol. The topological polar surface area (TPSA) is 12.0 Å². The molecule has 94 valence electrons. The van der Waals surface area contributed by atoms with Gasteiger partial charge in [-0.05, 0) is 44.9 Å². The summed E-state index contributed by atoms with van der Waals surface area (Å²) in [5.74, 6) is 0. The van der Waals surface area contributed by atoms with Crippen molar-refractivity contribution < 1.29 is 0 Å². The van der Waals surface area contributed by atoms with Crippen molar-refractivity contribution in [2.45, 2.75) is 40.2 Å². The first-order valence-electron chi connectivity index (χ1n) is 6.19. The molecule has 17 heavy (non-hydrogen) atoms. The van der Waals surface area contributed by atoms with Crippen molar-refractivity contribution >= 4 is 11.6 Å². The molecule has 1 aromatic rings. The highest BCUT2D eigenvalue weighted by Gasteiger charge is 2.12. The second kappa shape index (κ2) is 6.83. The van der Waals surface area contributed by atoms with Gasteiger partial charge in [0.25, 0.3) is 0 Å². The van der Waals surface area contributed by atoms with Crippen molar-refractivity contribution in [2.24, 2.45) is 0 Å². The fraction of sp³-hybridized carbons (Fsp3) is 0.467. The van der Waals surface area contributed by atoms with Crippen molar-refractivity contribution in [1.29, 1.82) is 0 Å². The Hall–Kier alpha value is -0.790. The van der Waals surface area contributed by atoms with E-state index in [9.17, 15) is 0 Å². The zero-order chi connectivity index (χ0) is 12.8. The summed E-state index contributed by atoms with van der Waals surface area (Å²) >= 11 is 6.38. The Labute approximate surface area is 110 Å². The summed E-state index contributed by atoms with van der Waals surface area (Å²) < 4.78 is 0. The summed E-state index contributed by atoms with van der Waals surface area (Å²) in [6.45, 7) is 9.45. The van der Waals surface area contributed by atoms with Gasteiger partial charge in [0.15, 0.2) is 0 Å². The molecule has 0 aliphatic heterocycles. The summed E-state index contributed by atoms with van der Waals surface area (Å²) in [7, 11) is 0. The van der Waals surface area contributed by atoms with E-state index in [1.165, 1.54) is 11.1 Å². The van der Waals surface area contributed by atoms with E-state index in [0.29, 0.717) is 0 Å². The summed E-state index contributed by atoms with van der Waals surface area (Å²) in [4.78, 5) is 0. The number of benzene rings is 1. The Morgan fingerprint density at radius 2 is 2.12 bits per heavy atom. The van der Waals surface area contributed by atoms with Gasteiger partial charge in [-0.25, -0.2) is 0 Å². The summed E-state index contributed by atoms with van der Waals surface area (Å²) in [5.41, 5.74) is 3.60. The van der Waals surface area contributed by atoms with E-state index < -0.39 is 0 Å². The van der Waals surface area contributed by atoms with Crippen molar-refractivity contribution in [3.8, 4) is 0 Å². The Kier molecular flexibility index (Phi) is 5.73. The van der Waals surface area contributed by atoms with Crippen LogP contribution in [-0.4, -0.2) is 6.54 Å². The van der Waals surface area contributed by atoms with Crippen LogP contribution in [0, 0.1) is 6.92 Å². The quantitative estimate of drug-likeness (QED) is 0.751. The van der Waals surface area contributed by atoms with Crippen LogP contribution in [0.1, 0.15) is 44.4 Å². The standard InChI is InChI=1S/C15H22ClN/c1-5-9-17-14(10-11(2)3)13-8-6-7-12(4)15(13)16/h6-8,10,14,17H,5,9H2,1-4H3. The second-order valence-corrected chi connectivity index (χ2v) is 5.03. The first-order chi connectivity index (χ1) is 8.06. The van der Waals surface area contributed by atoms with Crippen LogP contribution in [0.25, 0.3) is 0 Å². The Morgan fingerprint density at radius 3 is 2.71 bits per heavy atom. The monoisotopic (exact) mass is 251 g/mol. The third-order valence-corrected chi connectivity index (χ3v) is 3.19. The van der Waals surface area contributed by atoms with Crippen molar-refractivity contribution in [3.05, 3.63) is 46.0 Å². The maximum absolute atomic E-state index is 6.38. The molecule has 1 rings (SSSR count). The van der Waals surface area contributed by atoms with E-state index in [0.717, 1.165) is 23.6 Å². The van der Waals surface area contributed by atoms with Crippen LogP contribution in [0.4, 0.5) is 0 Å². The Balaban J connectivity index is 3.03. The Morgan fingerprint density at radius 1 is 1.41 bits per heavy atom. The number of hydrogen-bond acceptors (Lipinski definition) is 1. The van der Waals surface area contributed by atoms with Crippen LogP contribution in [0.2, 0.25) is 5.02 Å². The molecule has 0 saturated heterocycles. The minimum Gasteiger partial charge on any atom is -0.307 e. The molecule has 0 fully saturated rings. The van der Waals surface area contributed by atoms with Gasteiger partial charge in [0.05, 0.1) is 6.04 Å². The van der Waals surface area contributed by atoms with Crippen molar-refractivity contribution in [3.63, 3.8) is 0 Å². The van der Waals surface area contributed by atoms with Gasteiger partial charge in [-0.2, -0.15) is 0 Å². The van der Waals surface area contributed by atoms with Crippen LogP contribution in [0.5, 0.6) is 0 Å². The van der Waals surface area contributed by atoms with Gasteiger partial charge in [0, 0.05) is 5.02 Å². The molecule has 0 saturated carbocycles. The summed E-state index contributed by atoms with van der Waals surface area (Å²) in [5, 5.41) is 4.40. The van der Waals surface area contributed by atoms with E-state index in [-0.39, 0.29) is 6.04 Å². The lowest BCUT2D eigenvalue weighted by molar-refractivity contribution is 0.610. The average Bonchev–Trinajstić information content (AvgIpc) is 2.28. The summed E-state index contributed by atoms with van der Waals surface area (Å²) in [6, 6.07) is 6.43. The maximum Gasteiger partial charge on any atom is 0.0523 e. The molecule has 0 bridgehead atoms. The molecule has 1 atom stereocenters. The van der Waals surface area contributed by atoms with Gasteiger partial charge in [-0.15, -0.1) is 0 Å². The predicted octanol–water partition coefficient (Wildman–Crippen LogP) is 4.66. The lowest BCUT2D eigenvalue weighted by Crippen LogP contribution is -2.21. The van der Waals surface area contributed by atoms with Crippen LogP contribution in [0.15, 0.2) is 29.8 Å². The molecule has 1 nitrogen and oxygen atoms in total. The second-order valence-electron chi connectivity index (χ2n) is 4.65. The van der Waals surface area contributed by atoms with E-state index >= 15 is 0 Å². The fourth-order valence-electron chi connectivity index (χ4n) is 1.80. The smallest absolute Gasteiger partial charge is 0.0523 e. The predicted molar refractivity (Wildman–Crippen MR) is 76.7 cm³/mol. The third kappa shape index (κ3) is 4.18. The van der Waals surface area contributed by atoms with E-state index in [1.54, 1.807) is 0 Å². The van der Waals surface area contributed by atoms with Gasteiger partial charge in [-0.3, -0.25) is 0 Å². The maximum atomic E-state index is 6.38. The molecule has 0 spiro atoms. The van der Waals surface area contributed by atoms with Crippen LogP contribution in [-0.2, 0) is 0 Å². The average molecular weight is 252 g/mol. The first kappa shape index (κ1) is 14.3. The lowest BCUT2D eigenvalue weighted by atomic mass is 10.0. The normalized spacial score (nSPS) is 12.3. The first-order valence-corrected chi connectivity index (χ1v) is 6.57. The molecule has 0 aliphatic rings. The van der Waals surface area contributed by atoms with E-state index in [1.807, 2.05) is 13.0 Å². The minimum absolute atomic E-state index is 0.215. The van der Waals surface area contributed by atoms with Gasteiger partial charge < -0.3 is 5.32 Å². The highest BCUT2D eigenvalue weighted by Crippen LogP contribution is 2.27. The molecule has 0 amide bonds. The van der Waals surface area contributed by atoms with E-state index in [4.69, 9.17) is 11.6 Å². The molecule has 1 unspecified atom stereocenters. The number of halogens is 1. The molecule has 0 radical (unpaired) electrons.